The van der Waals surface area contributed by atoms with E-state index < -0.39 is 10.0 Å². The van der Waals surface area contributed by atoms with Crippen LogP contribution in [0.4, 0.5) is 5.69 Å². The summed E-state index contributed by atoms with van der Waals surface area (Å²) in [6, 6.07) is 17.7. The van der Waals surface area contributed by atoms with E-state index in [-0.39, 0.29) is 10.6 Å². The van der Waals surface area contributed by atoms with E-state index in [9.17, 15) is 13.5 Å². The van der Waals surface area contributed by atoms with Crippen LogP contribution in [0.5, 0.6) is 5.75 Å². The lowest BCUT2D eigenvalue weighted by atomic mass is 10.0. The Hall–Kier alpha value is -2.74. The minimum atomic E-state index is -3.58. The molecule has 6 nitrogen and oxygen atoms in total. The van der Waals surface area contributed by atoms with Crippen LogP contribution in [-0.4, -0.2) is 50.3 Å². The summed E-state index contributed by atoms with van der Waals surface area (Å²) >= 11 is 0. The molecule has 0 bridgehead atoms. The fourth-order valence-electron chi connectivity index (χ4n) is 3.22. The number of morpholine rings is 1. The summed E-state index contributed by atoms with van der Waals surface area (Å²) in [6.07, 6.45) is 1.57. The predicted octanol–water partition coefficient (Wildman–Crippen LogP) is 3.32. The molecule has 0 aromatic heterocycles. The lowest BCUT2D eigenvalue weighted by Crippen LogP contribution is -2.40. The minimum Gasteiger partial charge on any atom is -0.507 e. The summed E-state index contributed by atoms with van der Waals surface area (Å²) in [7, 11) is -3.58. The van der Waals surface area contributed by atoms with Gasteiger partial charge in [0.1, 0.15) is 5.75 Å². The van der Waals surface area contributed by atoms with E-state index in [1.54, 1.807) is 36.5 Å². The van der Waals surface area contributed by atoms with E-state index in [1.165, 1.54) is 4.31 Å². The van der Waals surface area contributed by atoms with Gasteiger partial charge in [0.05, 0.1) is 23.8 Å². The fraction of sp³-hybridized carbons (Fsp3) is 0.190. The van der Waals surface area contributed by atoms with Gasteiger partial charge >= 0.3 is 0 Å². The van der Waals surface area contributed by atoms with Crippen molar-refractivity contribution in [1.29, 1.82) is 0 Å². The maximum absolute atomic E-state index is 12.8. The smallest absolute Gasteiger partial charge is 0.243 e. The van der Waals surface area contributed by atoms with E-state index in [0.717, 1.165) is 10.8 Å². The number of rotatable bonds is 4. The molecule has 0 radical (unpaired) electrons. The highest BCUT2D eigenvalue weighted by atomic mass is 32.2. The number of aliphatic imine (C=N–C) groups is 1. The molecule has 3 aromatic rings. The Labute approximate surface area is 163 Å². The molecular formula is C21H20N2O4S. The van der Waals surface area contributed by atoms with Crippen LogP contribution in [0.2, 0.25) is 0 Å². The van der Waals surface area contributed by atoms with Crippen LogP contribution in [0.25, 0.3) is 10.8 Å². The number of hydrogen-bond donors (Lipinski definition) is 1. The molecule has 0 aliphatic carbocycles. The Balaban J connectivity index is 1.67. The highest BCUT2D eigenvalue weighted by Gasteiger charge is 2.26. The Bertz CT molecular complexity index is 1140. The van der Waals surface area contributed by atoms with Gasteiger partial charge in [-0.3, -0.25) is 4.99 Å². The van der Waals surface area contributed by atoms with Gasteiger partial charge in [0.25, 0.3) is 0 Å². The fourth-order valence-corrected chi connectivity index (χ4v) is 4.67. The lowest BCUT2D eigenvalue weighted by Gasteiger charge is -2.26. The van der Waals surface area contributed by atoms with E-state index in [4.69, 9.17) is 4.74 Å². The maximum atomic E-state index is 12.8. The molecule has 1 aliphatic rings. The van der Waals surface area contributed by atoms with Gasteiger partial charge in [-0.15, -0.1) is 0 Å². The van der Waals surface area contributed by atoms with Gasteiger partial charge < -0.3 is 9.84 Å². The van der Waals surface area contributed by atoms with E-state index in [1.807, 2.05) is 30.3 Å². The number of sulfonamides is 1. The number of nitrogens with zero attached hydrogens (tertiary/aromatic N) is 2. The first-order chi connectivity index (χ1) is 13.6. The van der Waals surface area contributed by atoms with Crippen LogP contribution in [0, 0.1) is 0 Å². The van der Waals surface area contributed by atoms with Crippen molar-refractivity contribution in [3.63, 3.8) is 0 Å². The van der Waals surface area contributed by atoms with Crippen molar-refractivity contribution in [2.24, 2.45) is 4.99 Å². The van der Waals surface area contributed by atoms with Crippen molar-refractivity contribution in [1.82, 2.24) is 4.31 Å². The molecule has 0 unspecified atom stereocenters. The Morgan fingerprint density at radius 1 is 1.00 bits per heavy atom. The van der Waals surface area contributed by atoms with Gasteiger partial charge in [-0.1, -0.05) is 36.4 Å². The predicted molar refractivity (Wildman–Crippen MR) is 109 cm³/mol. The zero-order valence-corrected chi connectivity index (χ0v) is 16.0. The van der Waals surface area contributed by atoms with Crippen LogP contribution in [0.15, 0.2) is 70.6 Å². The van der Waals surface area contributed by atoms with E-state index in [2.05, 4.69) is 4.99 Å². The Morgan fingerprint density at radius 3 is 2.61 bits per heavy atom. The highest BCUT2D eigenvalue weighted by molar-refractivity contribution is 7.89. The number of hydrogen-bond acceptors (Lipinski definition) is 5. The summed E-state index contributed by atoms with van der Waals surface area (Å²) in [6.45, 7) is 1.49. The van der Waals surface area contributed by atoms with Gasteiger partial charge in [0.15, 0.2) is 0 Å². The lowest BCUT2D eigenvalue weighted by molar-refractivity contribution is 0.0730. The SMILES string of the molecule is O=S(=O)(c1cccc(N=Cc2c(O)ccc3ccccc23)c1)N1CCOCC1. The summed E-state index contributed by atoms with van der Waals surface area (Å²) in [5, 5.41) is 12.1. The molecular weight excluding hydrogens is 376 g/mol. The van der Waals surface area contributed by atoms with Crippen LogP contribution in [0.1, 0.15) is 5.56 Å². The van der Waals surface area contributed by atoms with Gasteiger partial charge in [0, 0.05) is 24.9 Å². The number of phenols is 1. The van der Waals surface area contributed by atoms with Crippen LogP contribution >= 0.6 is 0 Å². The maximum Gasteiger partial charge on any atom is 0.243 e. The monoisotopic (exact) mass is 396 g/mol. The molecule has 0 atom stereocenters. The normalized spacial score (nSPS) is 16.0. The summed E-state index contributed by atoms with van der Waals surface area (Å²) in [5.74, 6) is 0.125. The molecule has 3 aromatic carbocycles. The van der Waals surface area contributed by atoms with Crippen molar-refractivity contribution in [2.45, 2.75) is 4.90 Å². The van der Waals surface area contributed by atoms with Crippen molar-refractivity contribution in [2.75, 3.05) is 26.3 Å². The number of phenolic OH excluding ortho intramolecular Hbond substituents is 1. The molecule has 7 heteroatoms. The third kappa shape index (κ3) is 3.64. The minimum absolute atomic E-state index is 0.125. The molecule has 144 valence electrons. The van der Waals surface area contributed by atoms with Gasteiger partial charge in [-0.05, 0) is 35.0 Å². The first kappa shape index (κ1) is 18.6. The van der Waals surface area contributed by atoms with Crippen molar-refractivity contribution < 1.29 is 18.3 Å². The summed E-state index contributed by atoms with van der Waals surface area (Å²) in [5.41, 5.74) is 1.10. The topological polar surface area (TPSA) is 79.2 Å². The number of benzene rings is 3. The quantitative estimate of drug-likeness (QED) is 0.686. The van der Waals surface area contributed by atoms with Crippen LogP contribution in [-0.2, 0) is 14.8 Å². The summed E-state index contributed by atoms with van der Waals surface area (Å²) < 4.78 is 32.3. The number of fused-ring (bicyclic) bond motifs is 1. The molecule has 0 amide bonds. The molecule has 4 rings (SSSR count). The number of ether oxygens (including phenoxy) is 1. The van der Waals surface area contributed by atoms with Crippen molar-refractivity contribution >= 4 is 32.7 Å². The first-order valence-corrected chi connectivity index (χ1v) is 10.4. The van der Waals surface area contributed by atoms with Gasteiger partial charge in [-0.25, -0.2) is 8.42 Å². The second kappa shape index (κ2) is 7.71. The van der Waals surface area contributed by atoms with E-state index in [0.29, 0.717) is 37.6 Å². The van der Waals surface area contributed by atoms with Crippen LogP contribution < -0.4 is 0 Å². The molecule has 1 aliphatic heterocycles. The molecule has 1 fully saturated rings. The Morgan fingerprint density at radius 2 is 1.79 bits per heavy atom. The van der Waals surface area contributed by atoms with Crippen LogP contribution in [0.3, 0.4) is 0 Å². The van der Waals surface area contributed by atoms with Gasteiger partial charge in [0.2, 0.25) is 10.0 Å². The average Bonchev–Trinajstić information content (AvgIpc) is 2.74. The molecule has 1 N–H and O–H groups in total. The first-order valence-electron chi connectivity index (χ1n) is 8.98. The van der Waals surface area contributed by atoms with Crippen molar-refractivity contribution in [3.8, 4) is 5.75 Å². The zero-order chi connectivity index (χ0) is 19.6. The molecule has 0 spiro atoms. The molecule has 0 saturated carbocycles. The van der Waals surface area contributed by atoms with Gasteiger partial charge in [-0.2, -0.15) is 4.31 Å². The van der Waals surface area contributed by atoms with E-state index >= 15 is 0 Å². The highest BCUT2D eigenvalue weighted by Crippen LogP contribution is 2.27. The third-order valence-corrected chi connectivity index (χ3v) is 6.61. The third-order valence-electron chi connectivity index (χ3n) is 4.72. The Kier molecular flexibility index (Phi) is 5.13. The second-order valence-electron chi connectivity index (χ2n) is 6.49. The average molecular weight is 396 g/mol. The summed E-state index contributed by atoms with van der Waals surface area (Å²) in [4.78, 5) is 4.61. The largest absolute Gasteiger partial charge is 0.507 e. The standard InChI is InChI=1S/C21H20N2O4S/c24-21-9-8-16-4-1-2-7-19(16)20(21)15-22-17-5-3-6-18(14-17)28(25,26)23-10-12-27-13-11-23/h1-9,14-15,24H,10-13H2. The molecule has 28 heavy (non-hydrogen) atoms. The number of aromatic hydroxyl groups is 1. The zero-order valence-electron chi connectivity index (χ0n) is 15.2. The second-order valence-corrected chi connectivity index (χ2v) is 8.43. The molecule has 1 saturated heterocycles. The molecule has 1 heterocycles. The van der Waals surface area contributed by atoms with Crippen molar-refractivity contribution in [3.05, 3.63) is 66.2 Å².